The maximum Gasteiger partial charge on any atom is 0.254 e. The zero-order chi connectivity index (χ0) is 17.2. The molecule has 1 fully saturated rings. The molecule has 1 aromatic carbocycles. The zero-order valence-electron chi connectivity index (χ0n) is 13.8. The van der Waals surface area contributed by atoms with Gasteiger partial charge in [-0.1, -0.05) is 11.6 Å². The van der Waals surface area contributed by atoms with Gasteiger partial charge in [-0.2, -0.15) is 0 Å². The van der Waals surface area contributed by atoms with Crippen molar-refractivity contribution in [2.24, 2.45) is 0 Å². The summed E-state index contributed by atoms with van der Waals surface area (Å²) in [6.07, 6.45) is 2.68. The van der Waals surface area contributed by atoms with Crippen LogP contribution in [-0.4, -0.2) is 53.6 Å². The first kappa shape index (κ1) is 16.3. The highest BCUT2D eigenvalue weighted by molar-refractivity contribution is 6.30. The van der Waals surface area contributed by atoms with Crippen LogP contribution in [0.15, 0.2) is 30.5 Å². The number of carbonyl (C=O) groups is 1. The molecular weight excluding hydrogens is 340 g/mol. The Morgan fingerprint density at radius 1 is 1.12 bits per heavy atom. The second-order valence-corrected chi connectivity index (χ2v) is 6.66. The Morgan fingerprint density at radius 3 is 2.64 bits per heavy atom. The molecule has 4 rings (SSSR count). The van der Waals surface area contributed by atoms with Crippen LogP contribution in [0.25, 0.3) is 0 Å². The fourth-order valence-electron chi connectivity index (χ4n) is 3.16. The Morgan fingerprint density at radius 2 is 1.88 bits per heavy atom. The highest BCUT2D eigenvalue weighted by Gasteiger charge is 2.24. The van der Waals surface area contributed by atoms with Crippen LogP contribution in [0.2, 0.25) is 5.02 Å². The number of halogens is 1. The van der Waals surface area contributed by atoms with Gasteiger partial charge in [-0.15, -0.1) is 0 Å². The van der Waals surface area contributed by atoms with Gasteiger partial charge >= 0.3 is 0 Å². The lowest BCUT2D eigenvalue weighted by molar-refractivity contribution is 0.0731. The van der Waals surface area contributed by atoms with Crippen molar-refractivity contribution >= 4 is 23.5 Å². The van der Waals surface area contributed by atoms with Crippen molar-refractivity contribution in [1.29, 1.82) is 0 Å². The summed E-state index contributed by atoms with van der Waals surface area (Å²) in [5.74, 6) is 0.733. The largest absolute Gasteiger partial charge is 0.378 e. The number of anilines is 1. The second kappa shape index (κ2) is 6.98. The van der Waals surface area contributed by atoms with Gasteiger partial charge in [0.15, 0.2) is 0 Å². The molecule has 7 heteroatoms. The van der Waals surface area contributed by atoms with Crippen molar-refractivity contribution < 1.29 is 9.53 Å². The van der Waals surface area contributed by atoms with Gasteiger partial charge < -0.3 is 14.5 Å². The van der Waals surface area contributed by atoms with Crippen LogP contribution < -0.4 is 4.90 Å². The van der Waals surface area contributed by atoms with Crippen LogP contribution in [0.1, 0.15) is 21.6 Å². The topological polar surface area (TPSA) is 58.6 Å². The number of ether oxygens (including phenoxy) is 1. The predicted octanol–water partition coefficient (Wildman–Crippen LogP) is 2.17. The maximum atomic E-state index is 12.7. The summed E-state index contributed by atoms with van der Waals surface area (Å²) in [5.41, 5.74) is 2.71. The number of amides is 1. The molecule has 25 heavy (non-hydrogen) atoms. The van der Waals surface area contributed by atoms with Crippen molar-refractivity contribution in [1.82, 2.24) is 14.9 Å². The van der Waals surface area contributed by atoms with E-state index in [1.165, 1.54) is 0 Å². The number of morpholine rings is 1. The van der Waals surface area contributed by atoms with E-state index in [1.54, 1.807) is 24.3 Å². The molecule has 1 amide bonds. The van der Waals surface area contributed by atoms with Gasteiger partial charge in [-0.05, 0) is 36.2 Å². The van der Waals surface area contributed by atoms with Gasteiger partial charge in [-0.3, -0.25) is 4.79 Å². The number of hydrogen-bond acceptors (Lipinski definition) is 5. The molecule has 0 radical (unpaired) electrons. The lowest BCUT2D eigenvalue weighted by Gasteiger charge is -2.30. The lowest BCUT2D eigenvalue weighted by atomic mass is 10.1. The second-order valence-electron chi connectivity index (χ2n) is 6.22. The van der Waals surface area contributed by atoms with Crippen molar-refractivity contribution in [3.63, 3.8) is 0 Å². The van der Waals surface area contributed by atoms with Gasteiger partial charge in [0, 0.05) is 36.4 Å². The molecule has 130 valence electrons. The molecule has 0 unspecified atom stereocenters. The van der Waals surface area contributed by atoms with E-state index >= 15 is 0 Å². The minimum Gasteiger partial charge on any atom is -0.378 e. The molecule has 6 nitrogen and oxygen atoms in total. The van der Waals surface area contributed by atoms with Gasteiger partial charge in [0.2, 0.25) is 5.95 Å². The average Bonchev–Trinajstić information content (AvgIpc) is 2.68. The molecule has 2 aromatic rings. The Bertz CT molecular complexity index is 775. The fraction of sp³-hybridized carbons (Fsp3) is 0.389. The molecule has 0 N–H and O–H groups in total. The molecule has 0 atom stereocenters. The summed E-state index contributed by atoms with van der Waals surface area (Å²) in [5, 5.41) is 0.628. The Hall–Kier alpha value is -2.18. The lowest BCUT2D eigenvalue weighted by Crippen LogP contribution is -2.39. The van der Waals surface area contributed by atoms with E-state index in [-0.39, 0.29) is 5.91 Å². The van der Waals surface area contributed by atoms with Gasteiger partial charge in [0.1, 0.15) is 0 Å². The summed E-state index contributed by atoms with van der Waals surface area (Å²) in [4.78, 5) is 25.9. The number of fused-ring (bicyclic) bond motifs is 1. The number of rotatable bonds is 2. The molecule has 0 saturated carbocycles. The monoisotopic (exact) mass is 358 g/mol. The Kier molecular flexibility index (Phi) is 4.55. The van der Waals surface area contributed by atoms with Crippen LogP contribution in [-0.2, 0) is 17.7 Å². The summed E-state index contributed by atoms with van der Waals surface area (Å²) in [7, 11) is 0. The van der Waals surface area contributed by atoms with Crippen molar-refractivity contribution in [3.05, 3.63) is 52.3 Å². The van der Waals surface area contributed by atoms with E-state index in [4.69, 9.17) is 21.3 Å². The van der Waals surface area contributed by atoms with Gasteiger partial charge in [-0.25, -0.2) is 9.97 Å². The smallest absolute Gasteiger partial charge is 0.254 e. The molecular formula is C18H19ClN4O2. The highest BCUT2D eigenvalue weighted by Crippen LogP contribution is 2.21. The first-order valence-corrected chi connectivity index (χ1v) is 8.81. The maximum absolute atomic E-state index is 12.7. The number of aromatic nitrogens is 2. The molecule has 0 spiro atoms. The first-order chi connectivity index (χ1) is 12.2. The standard InChI is InChI=1S/C18H19ClN4O2/c19-15-3-1-13(2-4-15)17(24)23-6-5-14-11-20-18(21-16(14)12-23)22-7-9-25-10-8-22/h1-4,11H,5-10,12H2. The summed E-state index contributed by atoms with van der Waals surface area (Å²) >= 11 is 5.90. The van der Waals surface area contributed by atoms with Crippen LogP contribution in [0, 0.1) is 0 Å². The van der Waals surface area contributed by atoms with Gasteiger partial charge in [0.25, 0.3) is 5.91 Å². The number of carbonyl (C=O) groups excluding carboxylic acids is 1. The summed E-state index contributed by atoms with van der Waals surface area (Å²) < 4.78 is 5.38. The molecule has 1 aromatic heterocycles. The molecule has 0 bridgehead atoms. The van der Waals surface area contributed by atoms with E-state index in [2.05, 4.69) is 9.88 Å². The van der Waals surface area contributed by atoms with Crippen molar-refractivity contribution in [2.45, 2.75) is 13.0 Å². The quantitative estimate of drug-likeness (QED) is 0.823. The third-order valence-electron chi connectivity index (χ3n) is 4.61. The molecule has 1 saturated heterocycles. The normalized spacial score (nSPS) is 17.3. The average molecular weight is 359 g/mol. The van der Waals surface area contributed by atoms with Crippen molar-refractivity contribution in [3.8, 4) is 0 Å². The molecule has 3 heterocycles. The van der Waals surface area contributed by atoms with Gasteiger partial charge in [0.05, 0.1) is 25.5 Å². The van der Waals surface area contributed by atoms with E-state index in [1.807, 2.05) is 11.1 Å². The zero-order valence-corrected chi connectivity index (χ0v) is 14.6. The SMILES string of the molecule is O=C(c1ccc(Cl)cc1)N1CCc2cnc(N3CCOCC3)nc2C1. The minimum absolute atomic E-state index is 0.00820. The third-order valence-corrected chi connectivity index (χ3v) is 4.86. The third kappa shape index (κ3) is 3.45. The van der Waals surface area contributed by atoms with E-state index in [9.17, 15) is 4.79 Å². The van der Waals surface area contributed by atoms with E-state index < -0.39 is 0 Å². The fourth-order valence-corrected chi connectivity index (χ4v) is 3.28. The van der Waals surface area contributed by atoms with Crippen LogP contribution in [0.3, 0.4) is 0 Å². The number of hydrogen-bond donors (Lipinski definition) is 0. The molecule has 2 aliphatic heterocycles. The van der Waals surface area contributed by atoms with E-state index in [0.29, 0.717) is 36.9 Å². The molecule has 2 aliphatic rings. The summed E-state index contributed by atoms with van der Waals surface area (Å²) in [6.45, 7) is 4.17. The minimum atomic E-state index is 0.00820. The highest BCUT2D eigenvalue weighted by atomic mass is 35.5. The Labute approximate surface area is 151 Å². The molecule has 0 aliphatic carbocycles. The van der Waals surface area contributed by atoms with Crippen molar-refractivity contribution in [2.75, 3.05) is 37.7 Å². The first-order valence-electron chi connectivity index (χ1n) is 8.43. The van der Waals surface area contributed by atoms with Crippen LogP contribution >= 0.6 is 11.6 Å². The predicted molar refractivity (Wildman–Crippen MR) is 95.0 cm³/mol. The van der Waals surface area contributed by atoms with Crippen LogP contribution in [0.4, 0.5) is 5.95 Å². The Balaban J connectivity index is 1.53. The number of nitrogens with zero attached hydrogens (tertiary/aromatic N) is 4. The van der Waals surface area contributed by atoms with Crippen LogP contribution in [0.5, 0.6) is 0 Å². The summed E-state index contributed by atoms with van der Waals surface area (Å²) in [6, 6.07) is 7.01. The number of benzene rings is 1. The van der Waals surface area contributed by atoms with E-state index in [0.717, 1.165) is 36.7 Å².